The van der Waals surface area contributed by atoms with Crippen LogP contribution in [0, 0.1) is 0 Å². The van der Waals surface area contributed by atoms with E-state index >= 15 is 0 Å². The minimum absolute atomic E-state index is 0.146. The minimum atomic E-state index is -3.60. The normalized spacial score (nSPS) is 21.0. The van der Waals surface area contributed by atoms with Crippen LogP contribution in [0.4, 0.5) is 0 Å². The Morgan fingerprint density at radius 1 is 1.15 bits per heavy atom. The minimum Gasteiger partial charge on any atom is -0.321 e. The topological polar surface area (TPSA) is 92.5 Å². The lowest BCUT2D eigenvalue weighted by Crippen LogP contribution is -2.30. The Morgan fingerprint density at radius 2 is 1.85 bits per heavy atom. The second kappa shape index (κ2) is 7.92. The summed E-state index contributed by atoms with van der Waals surface area (Å²) in [5.41, 5.74) is 9.05. The fraction of sp³-hybridized carbons (Fsp3) is 0.211. The van der Waals surface area contributed by atoms with Gasteiger partial charge in [-0.1, -0.05) is 66.7 Å². The molecular formula is C19H21N3O3S. The molecule has 0 aliphatic carbocycles. The van der Waals surface area contributed by atoms with Crippen LogP contribution in [0.1, 0.15) is 22.7 Å². The molecule has 0 radical (unpaired) electrons. The number of aldehydes is 1. The van der Waals surface area contributed by atoms with E-state index in [0.717, 1.165) is 16.7 Å². The molecule has 1 heterocycles. The zero-order valence-corrected chi connectivity index (χ0v) is 15.0. The van der Waals surface area contributed by atoms with Gasteiger partial charge in [0.2, 0.25) is 0 Å². The quantitative estimate of drug-likeness (QED) is 0.755. The average molecular weight is 371 g/mol. The van der Waals surface area contributed by atoms with Crippen LogP contribution >= 0.6 is 0 Å². The van der Waals surface area contributed by atoms with E-state index in [2.05, 4.69) is 4.72 Å². The van der Waals surface area contributed by atoms with E-state index in [9.17, 15) is 13.2 Å². The van der Waals surface area contributed by atoms with Crippen molar-refractivity contribution in [3.8, 4) is 0 Å². The summed E-state index contributed by atoms with van der Waals surface area (Å²) in [4.78, 5) is 10.8. The van der Waals surface area contributed by atoms with Crippen LogP contribution in [0.5, 0.6) is 0 Å². The number of benzene rings is 2. The van der Waals surface area contributed by atoms with Gasteiger partial charge in [-0.3, -0.25) is 0 Å². The summed E-state index contributed by atoms with van der Waals surface area (Å²) in [6.45, 7) is 0.363. The maximum atomic E-state index is 12.0. The molecule has 0 amide bonds. The first kappa shape index (κ1) is 18.5. The van der Waals surface area contributed by atoms with E-state index in [4.69, 9.17) is 5.73 Å². The van der Waals surface area contributed by atoms with Gasteiger partial charge in [0.05, 0.1) is 6.04 Å². The van der Waals surface area contributed by atoms with Crippen LogP contribution in [-0.2, 0) is 21.5 Å². The Bertz CT molecular complexity index is 880. The van der Waals surface area contributed by atoms with Crippen molar-refractivity contribution in [3.63, 3.8) is 0 Å². The lowest BCUT2D eigenvalue weighted by molar-refractivity contribution is -0.109. The molecule has 26 heavy (non-hydrogen) atoms. The van der Waals surface area contributed by atoms with Crippen LogP contribution in [0.2, 0.25) is 0 Å². The van der Waals surface area contributed by atoms with E-state index in [1.807, 2.05) is 66.7 Å². The van der Waals surface area contributed by atoms with Gasteiger partial charge >= 0.3 is 0 Å². The first-order valence-electron chi connectivity index (χ1n) is 8.28. The van der Waals surface area contributed by atoms with Gasteiger partial charge in [0.15, 0.2) is 0 Å². The molecule has 7 heteroatoms. The molecule has 0 saturated carbocycles. The molecular weight excluding hydrogens is 350 g/mol. The van der Waals surface area contributed by atoms with Crippen molar-refractivity contribution in [2.24, 2.45) is 5.73 Å². The summed E-state index contributed by atoms with van der Waals surface area (Å²) >= 11 is 0. The summed E-state index contributed by atoms with van der Waals surface area (Å²) < 4.78 is 27.5. The number of carbonyl (C=O) groups is 1. The first-order valence-corrected chi connectivity index (χ1v) is 9.72. The molecule has 2 atom stereocenters. The summed E-state index contributed by atoms with van der Waals surface area (Å²) in [6, 6.07) is 16.5. The lowest BCUT2D eigenvalue weighted by atomic mass is 10.0. The molecule has 1 aliphatic rings. The maximum absolute atomic E-state index is 12.0. The highest BCUT2D eigenvalue weighted by Gasteiger charge is 2.34. The molecule has 3 rings (SSSR count). The molecule has 2 unspecified atom stereocenters. The van der Waals surface area contributed by atoms with Crippen molar-refractivity contribution < 1.29 is 13.2 Å². The van der Waals surface area contributed by atoms with Crippen molar-refractivity contribution in [1.82, 2.24) is 9.03 Å². The monoisotopic (exact) mass is 371 g/mol. The molecule has 2 aromatic rings. The summed E-state index contributed by atoms with van der Waals surface area (Å²) in [5, 5.41) is 0. The number of nitrogens with two attached hydrogens (primary N) is 1. The van der Waals surface area contributed by atoms with Gasteiger partial charge in [0, 0.05) is 19.1 Å². The SMILES string of the molecule is NC(C=Cc1ccccc1)c1ccc(CN2CC(C=O)NS2(=O)=O)cc1. The second-order valence-corrected chi connectivity index (χ2v) is 7.90. The molecule has 136 valence electrons. The third kappa shape index (κ3) is 4.44. The van der Waals surface area contributed by atoms with Crippen LogP contribution < -0.4 is 10.5 Å². The predicted molar refractivity (Wildman–Crippen MR) is 101 cm³/mol. The smallest absolute Gasteiger partial charge is 0.280 e. The van der Waals surface area contributed by atoms with E-state index in [1.165, 1.54) is 4.31 Å². The number of nitrogens with one attached hydrogen (secondary N) is 1. The number of hydrogen-bond donors (Lipinski definition) is 2. The molecule has 6 nitrogen and oxygen atoms in total. The van der Waals surface area contributed by atoms with Gasteiger partial charge in [0.1, 0.15) is 6.29 Å². The standard InChI is InChI=1S/C19H21N3O3S/c20-19(11-8-15-4-2-1-3-5-15)17-9-6-16(7-10-17)12-22-13-18(14-23)21-26(22,24)25/h1-11,14,18-19,21H,12-13,20H2. The highest BCUT2D eigenvalue weighted by Crippen LogP contribution is 2.18. The van der Waals surface area contributed by atoms with Crippen LogP contribution in [0.25, 0.3) is 6.08 Å². The van der Waals surface area contributed by atoms with Crippen molar-refractivity contribution in [2.75, 3.05) is 6.54 Å². The molecule has 1 aliphatic heterocycles. The van der Waals surface area contributed by atoms with E-state index < -0.39 is 16.3 Å². The fourth-order valence-corrected chi connectivity index (χ4v) is 4.12. The third-order valence-corrected chi connectivity index (χ3v) is 5.78. The molecule has 1 fully saturated rings. The van der Waals surface area contributed by atoms with Gasteiger partial charge in [-0.25, -0.2) is 0 Å². The predicted octanol–water partition coefficient (Wildman–Crippen LogP) is 1.62. The summed E-state index contributed by atoms with van der Waals surface area (Å²) in [5.74, 6) is 0. The molecule has 0 aromatic heterocycles. The van der Waals surface area contributed by atoms with Crippen LogP contribution in [-0.4, -0.2) is 31.6 Å². The van der Waals surface area contributed by atoms with Crippen molar-refractivity contribution in [1.29, 1.82) is 0 Å². The Balaban J connectivity index is 1.65. The van der Waals surface area contributed by atoms with Gasteiger partial charge in [0.25, 0.3) is 10.2 Å². The average Bonchev–Trinajstić information content (AvgIpc) is 2.95. The maximum Gasteiger partial charge on any atom is 0.280 e. The largest absolute Gasteiger partial charge is 0.321 e. The number of carbonyl (C=O) groups excluding carboxylic acids is 1. The van der Waals surface area contributed by atoms with Gasteiger partial charge in [-0.2, -0.15) is 17.4 Å². The third-order valence-electron chi connectivity index (χ3n) is 4.22. The van der Waals surface area contributed by atoms with Gasteiger partial charge < -0.3 is 10.5 Å². The molecule has 0 bridgehead atoms. The van der Waals surface area contributed by atoms with E-state index in [1.54, 1.807) is 0 Å². The highest BCUT2D eigenvalue weighted by molar-refractivity contribution is 7.87. The van der Waals surface area contributed by atoms with E-state index in [-0.39, 0.29) is 19.1 Å². The molecule has 2 aromatic carbocycles. The van der Waals surface area contributed by atoms with E-state index in [0.29, 0.717) is 6.29 Å². The second-order valence-electron chi connectivity index (χ2n) is 6.20. The molecule has 3 N–H and O–H groups in total. The van der Waals surface area contributed by atoms with Crippen molar-refractivity contribution in [2.45, 2.75) is 18.6 Å². The van der Waals surface area contributed by atoms with Crippen molar-refractivity contribution in [3.05, 3.63) is 77.4 Å². The molecule has 0 spiro atoms. The van der Waals surface area contributed by atoms with Gasteiger partial charge in [-0.05, 0) is 16.7 Å². The summed E-state index contributed by atoms with van der Waals surface area (Å²) in [7, 11) is -3.60. The summed E-state index contributed by atoms with van der Waals surface area (Å²) in [6.07, 6.45) is 4.51. The molecule has 1 saturated heterocycles. The van der Waals surface area contributed by atoms with Crippen LogP contribution in [0.15, 0.2) is 60.7 Å². The Kier molecular flexibility index (Phi) is 5.63. The number of hydrogen-bond acceptors (Lipinski definition) is 4. The Morgan fingerprint density at radius 3 is 2.46 bits per heavy atom. The number of rotatable bonds is 6. The lowest BCUT2D eigenvalue weighted by Gasteiger charge is -2.14. The zero-order chi connectivity index (χ0) is 18.6. The highest BCUT2D eigenvalue weighted by atomic mass is 32.2. The first-order chi connectivity index (χ1) is 12.5. The number of nitrogens with zero attached hydrogens (tertiary/aromatic N) is 1. The van der Waals surface area contributed by atoms with Gasteiger partial charge in [-0.15, -0.1) is 0 Å². The zero-order valence-electron chi connectivity index (χ0n) is 14.2. The van der Waals surface area contributed by atoms with Crippen LogP contribution in [0.3, 0.4) is 0 Å². The van der Waals surface area contributed by atoms with Crippen molar-refractivity contribution >= 4 is 22.6 Å². The fourth-order valence-electron chi connectivity index (χ4n) is 2.78. The Labute approximate surface area is 153 Å². The Hall–Kier alpha value is -2.32.